The maximum Gasteiger partial charge on any atom is 0.300 e. The summed E-state index contributed by atoms with van der Waals surface area (Å²) in [6.07, 6.45) is 0. The van der Waals surface area contributed by atoms with Crippen molar-refractivity contribution >= 4 is 34.7 Å². The molecule has 3 aromatic rings. The van der Waals surface area contributed by atoms with E-state index in [1.165, 1.54) is 4.90 Å². The molecule has 1 N–H and O–H groups in total. The SMILES string of the molecule is CCOc1cccc(C2/C(=C(\O)c3cc(OCC)ccc3Cl)C(=O)C(=O)N2c2ccccc2C)c1. The van der Waals surface area contributed by atoms with Gasteiger partial charge in [-0.15, -0.1) is 0 Å². The molecule has 0 radical (unpaired) electrons. The summed E-state index contributed by atoms with van der Waals surface area (Å²) in [6.45, 7) is 6.46. The van der Waals surface area contributed by atoms with E-state index in [9.17, 15) is 14.7 Å². The average molecular weight is 492 g/mol. The highest BCUT2D eigenvalue weighted by molar-refractivity contribution is 6.52. The molecule has 1 saturated heterocycles. The van der Waals surface area contributed by atoms with Crippen molar-refractivity contribution < 1.29 is 24.2 Å². The number of carbonyl (C=O) groups is 2. The molecule has 4 rings (SSSR count). The Hall–Kier alpha value is -3.77. The van der Waals surface area contributed by atoms with Crippen molar-refractivity contribution in [3.8, 4) is 11.5 Å². The Labute approximate surface area is 209 Å². The number of rotatable bonds is 7. The molecule has 0 aliphatic carbocycles. The van der Waals surface area contributed by atoms with Crippen molar-refractivity contribution in [1.29, 1.82) is 0 Å². The Balaban J connectivity index is 1.97. The van der Waals surface area contributed by atoms with Crippen LogP contribution in [0.2, 0.25) is 5.02 Å². The monoisotopic (exact) mass is 491 g/mol. The van der Waals surface area contributed by atoms with Crippen molar-refractivity contribution in [2.24, 2.45) is 0 Å². The van der Waals surface area contributed by atoms with Crippen molar-refractivity contribution in [3.63, 3.8) is 0 Å². The quantitative estimate of drug-likeness (QED) is 0.246. The minimum absolute atomic E-state index is 0.0533. The number of aliphatic hydroxyl groups excluding tert-OH is 1. The lowest BCUT2D eigenvalue weighted by Gasteiger charge is -2.27. The van der Waals surface area contributed by atoms with Crippen LogP contribution in [0.5, 0.6) is 11.5 Å². The van der Waals surface area contributed by atoms with Crippen LogP contribution < -0.4 is 14.4 Å². The number of para-hydroxylation sites is 1. The van der Waals surface area contributed by atoms with E-state index < -0.39 is 17.7 Å². The molecular weight excluding hydrogens is 466 g/mol. The first-order valence-corrected chi connectivity index (χ1v) is 11.8. The number of halogens is 1. The Morgan fingerprint density at radius 2 is 1.63 bits per heavy atom. The molecule has 0 bridgehead atoms. The third-order valence-electron chi connectivity index (χ3n) is 5.81. The van der Waals surface area contributed by atoms with Gasteiger partial charge in [0.15, 0.2) is 0 Å². The van der Waals surface area contributed by atoms with Crippen LogP contribution in [-0.4, -0.2) is 30.0 Å². The van der Waals surface area contributed by atoms with Gasteiger partial charge in [0.25, 0.3) is 11.7 Å². The van der Waals surface area contributed by atoms with Gasteiger partial charge in [0.05, 0.1) is 29.9 Å². The molecule has 7 heteroatoms. The number of anilines is 1. The van der Waals surface area contributed by atoms with Gasteiger partial charge in [-0.05, 0) is 68.3 Å². The Kier molecular flexibility index (Phi) is 7.12. The van der Waals surface area contributed by atoms with Gasteiger partial charge in [-0.3, -0.25) is 14.5 Å². The summed E-state index contributed by atoms with van der Waals surface area (Å²) in [4.78, 5) is 28.2. The van der Waals surface area contributed by atoms with Crippen molar-refractivity contribution in [1.82, 2.24) is 0 Å². The smallest absolute Gasteiger partial charge is 0.300 e. The van der Waals surface area contributed by atoms with Crippen LogP contribution >= 0.6 is 11.6 Å². The molecule has 1 amide bonds. The van der Waals surface area contributed by atoms with Gasteiger partial charge in [0, 0.05) is 11.3 Å². The lowest BCUT2D eigenvalue weighted by Crippen LogP contribution is -2.30. The maximum absolute atomic E-state index is 13.4. The second-order valence-electron chi connectivity index (χ2n) is 8.04. The average Bonchev–Trinajstić information content (AvgIpc) is 3.11. The van der Waals surface area contributed by atoms with Gasteiger partial charge < -0.3 is 14.6 Å². The summed E-state index contributed by atoms with van der Waals surface area (Å²) in [5.41, 5.74) is 2.18. The van der Waals surface area contributed by atoms with E-state index in [-0.39, 0.29) is 21.9 Å². The molecule has 1 atom stereocenters. The minimum Gasteiger partial charge on any atom is -0.507 e. The molecule has 0 aromatic heterocycles. The number of nitrogens with zero attached hydrogens (tertiary/aromatic N) is 1. The summed E-state index contributed by atoms with van der Waals surface area (Å²) >= 11 is 6.41. The van der Waals surface area contributed by atoms with Crippen molar-refractivity contribution in [2.75, 3.05) is 18.1 Å². The Morgan fingerprint density at radius 3 is 2.31 bits per heavy atom. The first kappa shape index (κ1) is 24.4. The van der Waals surface area contributed by atoms with Crippen molar-refractivity contribution in [3.05, 3.63) is 94.0 Å². The zero-order valence-electron chi connectivity index (χ0n) is 19.7. The highest BCUT2D eigenvalue weighted by Crippen LogP contribution is 2.44. The lowest BCUT2D eigenvalue weighted by molar-refractivity contribution is -0.132. The van der Waals surface area contributed by atoms with Gasteiger partial charge >= 0.3 is 0 Å². The van der Waals surface area contributed by atoms with Gasteiger partial charge in [0.1, 0.15) is 17.3 Å². The molecule has 180 valence electrons. The fraction of sp³-hybridized carbons (Fsp3) is 0.214. The summed E-state index contributed by atoms with van der Waals surface area (Å²) < 4.78 is 11.2. The third-order valence-corrected chi connectivity index (χ3v) is 6.14. The number of carbonyl (C=O) groups excluding carboxylic acids is 2. The van der Waals surface area contributed by atoms with Crippen LogP contribution in [0.15, 0.2) is 72.3 Å². The molecule has 6 nitrogen and oxygen atoms in total. The number of Topliss-reactive ketones (excluding diaryl/α,β-unsaturated/α-hetero) is 1. The summed E-state index contributed by atoms with van der Waals surface area (Å²) in [5.74, 6) is -0.809. The lowest BCUT2D eigenvalue weighted by atomic mass is 9.94. The van der Waals surface area contributed by atoms with Gasteiger partial charge in [-0.1, -0.05) is 41.9 Å². The first-order valence-electron chi connectivity index (χ1n) is 11.4. The molecule has 3 aromatic carbocycles. The standard InChI is InChI=1S/C28H26ClNO5/c1-4-34-19-11-8-10-18(15-19)25-24(26(31)21-16-20(35-5-2)13-14-22(21)29)27(32)28(33)30(25)23-12-7-6-9-17(23)3/h6-16,25,31H,4-5H2,1-3H3/b26-24+. The van der Waals surface area contributed by atoms with E-state index in [4.69, 9.17) is 21.1 Å². The van der Waals surface area contributed by atoms with Gasteiger partial charge in [-0.25, -0.2) is 0 Å². The van der Waals surface area contributed by atoms with E-state index >= 15 is 0 Å². The molecule has 35 heavy (non-hydrogen) atoms. The zero-order valence-corrected chi connectivity index (χ0v) is 20.5. The van der Waals surface area contributed by atoms with Crippen molar-refractivity contribution in [2.45, 2.75) is 26.8 Å². The summed E-state index contributed by atoms with van der Waals surface area (Å²) in [6, 6.07) is 18.4. The number of benzene rings is 3. The number of ether oxygens (including phenoxy) is 2. The van der Waals surface area contributed by atoms with E-state index in [1.807, 2.05) is 32.9 Å². The second-order valence-corrected chi connectivity index (χ2v) is 8.44. The summed E-state index contributed by atoms with van der Waals surface area (Å²) in [7, 11) is 0. The predicted octanol–water partition coefficient (Wildman–Crippen LogP) is 6.07. The maximum atomic E-state index is 13.4. The highest BCUT2D eigenvalue weighted by atomic mass is 35.5. The molecule has 1 aliphatic heterocycles. The van der Waals surface area contributed by atoms with Gasteiger partial charge in [-0.2, -0.15) is 0 Å². The topological polar surface area (TPSA) is 76.1 Å². The number of aliphatic hydroxyl groups is 1. The van der Waals surface area contributed by atoms with Crippen LogP contribution in [0.4, 0.5) is 5.69 Å². The normalized spacial score (nSPS) is 17.0. The highest BCUT2D eigenvalue weighted by Gasteiger charge is 2.47. The largest absolute Gasteiger partial charge is 0.507 e. The zero-order chi connectivity index (χ0) is 25.1. The molecule has 0 spiro atoms. The molecular formula is C28H26ClNO5. The molecule has 1 fully saturated rings. The number of hydrogen-bond donors (Lipinski definition) is 1. The van der Waals surface area contributed by atoms with Crippen LogP contribution in [0.3, 0.4) is 0 Å². The van der Waals surface area contributed by atoms with E-state index in [1.54, 1.807) is 54.6 Å². The minimum atomic E-state index is -0.886. The first-order chi connectivity index (χ1) is 16.9. The number of ketones is 1. The molecule has 0 saturated carbocycles. The second kappa shape index (κ2) is 10.2. The molecule has 1 unspecified atom stereocenters. The molecule has 1 aliphatic rings. The summed E-state index contributed by atoms with van der Waals surface area (Å²) in [5, 5.41) is 11.7. The predicted molar refractivity (Wildman–Crippen MR) is 136 cm³/mol. The Morgan fingerprint density at radius 1 is 0.943 bits per heavy atom. The van der Waals surface area contributed by atoms with Crippen LogP contribution in [0, 0.1) is 6.92 Å². The van der Waals surface area contributed by atoms with Crippen LogP contribution in [-0.2, 0) is 9.59 Å². The van der Waals surface area contributed by atoms with Crippen LogP contribution in [0.25, 0.3) is 5.76 Å². The number of amides is 1. The van der Waals surface area contributed by atoms with E-state index in [0.29, 0.717) is 36.0 Å². The third kappa shape index (κ3) is 4.62. The fourth-order valence-electron chi connectivity index (χ4n) is 4.26. The number of aryl methyl sites for hydroxylation is 1. The van der Waals surface area contributed by atoms with E-state index in [2.05, 4.69) is 0 Å². The fourth-order valence-corrected chi connectivity index (χ4v) is 4.47. The molecule has 1 heterocycles. The number of hydrogen-bond acceptors (Lipinski definition) is 5. The van der Waals surface area contributed by atoms with Gasteiger partial charge in [0.2, 0.25) is 0 Å². The van der Waals surface area contributed by atoms with Crippen LogP contribution in [0.1, 0.15) is 36.6 Å². The van der Waals surface area contributed by atoms with E-state index in [0.717, 1.165) is 5.56 Å². The Bertz CT molecular complexity index is 1320.